The van der Waals surface area contributed by atoms with E-state index in [0.29, 0.717) is 29.7 Å². The largest absolute Gasteiger partial charge is 0.370 e. The Morgan fingerprint density at radius 2 is 1.80 bits per heavy atom. The lowest BCUT2D eigenvalue weighted by Gasteiger charge is -2.11. The van der Waals surface area contributed by atoms with Crippen molar-refractivity contribution in [3.63, 3.8) is 0 Å². The topological polar surface area (TPSA) is 49.8 Å². The van der Waals surface area contributed by atoms with E-state index in [1.165, 1.54) is 6.07 Å². The summed E-state index contributed by atoms with van der Waals surface area (Å²) in [6, 6.07) is 16.0. The van der Waals surface area contributed by atoms with Crippen molar-refractivity contribution in [2.24, 2.45) is 0 Å². The fraction of sp³-hybridized carbons (Fsp3) is 0.158. The van der Waals surface area contributed by atoms with Gasteiger partial charge in [0.25, 0.3) is 0 Å². The monoisotopic (exact) mass is 356 g/mol. The van der Waals surface area contributed by atoms with E-state index in [4.69, 9.17) is 11.6 Å². The van der Waals surface area contributed by atoms with Crippen LogP contribution in [0.15, 0.2) is 54.6 Å². The van der Waals surface area contributed by atoms with Gasteiger partial charge in [0.05, 0.1) is 5.69 Å². The number of aromatic nitrogens is 2. The van der Waals surface area contributed by atoms with Gasteiger partial charge in [0, 0.05) is 17.6 Å². The molecule has 1 heterocycles. The summed E-state index contributed by atoms with van der Waals surface area (Å²) in [6.45, 7) is 2.50. The number of anilines is 3. The molecule has 0 fully saturated rings. The first-order chi connectivity index (χ1) is 12.1. The number of benzene rings is 2. The highest BCUT2D eigenvalue weighted by Gasteiger charge is 2.05. The lowest BCUT2D eigenvalue weighted by atomic mass is 10.1. The molecular weight excluding hydrogens is 339 g/mol. The summed E-state index contributed by atoms with van der Waals surface area (Å²) in [4.78, 5) is 8.67. The van der Waals surface area contributed by atoms with Crippen LogP contribution >= 0.6 is 11.6 Å². The van der Waals surface area contributed by atoms with E-state index in [0.717, 1.165) is 17.0 Å². The molecule has 0 radical (unpaired) electrons. The van der Waals surface area contributed by atoms with Crippen LogP contribution in [0.3, 0.4) is 0 Å². The SMILES string of the molecule is Cc1nc(NCCc2cccc(Cl)c2)cc(Nc2ccccc2F)n1. The Labute approximate surface area is 151 Å². The molecule has 1 aromatic heterocycles. The second-order valence-corrected chi connectivity index (χ2v) is 6.03. The molecular formula is C19H18ClFN4. The second kappa shape index (κ2) is 7.94. The zero-order valence-corrected chi connectivity index (χ0v) is 14.5. The molecule has 0 aliphatic carbocycles. The van der Waals surface area contributed by atoms with Crippen LogP contribution in [0, 0.1) is 12.7 Å². The molecule has 2 N–H and O–H groups in total. The summed E-state index contributed by atoms with van der Waals surface area (Å²) in [7, 11) is 0. The number of nitrogens with one attached hydrogen (secondary N) is 2. The number of hydrogen-bond acceptors (Lipinski definition) is 4. The highest BCUT2D eigenvalue weighted by molar-refractivity contribution is 6.30. The molecule has 0 aliphatic heterocycles. The maximum absolute atomic E-state index is 13.8. The van der Waals surface area contributed by atoms with Crippen LogP contribution in [0.25, 0.3) is 0 Å². The predicted molar refractivity (Wildman–Crippen MR) is 100 cm³/mol. The Kier molecular flexibility index (Phi) is 5.46. The van der Waals surface area contributed by atoms with Gasteiger partial charge in [-0.3, -0.25) is 0 Å². The van der Waals surface area contributed by atoms with Crippen molar-refractivity contribution in [1.82, 2.24) is 9.97 Å². The third-order valence-electron chi connectivity index (χ3n) is 3.58. The first-order valence-corrected chi connectivity index (χ1v) is 8.33. The molecule has 4 nitrogen and oxygen atoms in total. The number of para-hydroxylation sites is 1. The molecule has 0 saturated heterocycles. The first kappa shape index (κ1) is 17.2. The smallest absolute Gasteiger partial charge is 0.146 e. The Hall–Kier alpha value is -2.66. The van der Waals surface area contributed by atoms with Gasteiger partial charge in [-0.1, -0.05) is 35.9 Å². The molecule has 128 valence electrons. The molecule has 0 unspecified atom stereocenters. The molecule has 2 aromatic carbocycles. The van der Waals surface area contributed by atoms with Crippen molar-refractivity contribution < 1.29 is 4.39 Å². The molecule has 0 saturated carbocycles. The number of halogens is 2. The van der Waals surface area contributed by atoms with Crippen molar-refractivity contribution in [3.8, 4) is 0 Å². The van der Waals surface area contributed by atoms with Crippen molar-refractivity contribution >= 4 is 28.9 Å². The zero-order chi connectivity index (χ0) is 17.6. The van der Waals surface area contributed by atoms with Crippen LogP contribution in [0.2, 0.25) is 5.02 Å². The van der Waals surface area contributed by atoms with Crippen LogP contribution in [0.5, 0.6) is 0 Å². The van der Waals surface area contributed by atoms with E-state index in [1.54, 1.807) is 31.2 Å². The number of aryl methyl sites for hydroxylation is 1. The molecule has 0 amide bonds. The number of hydrogen-bond donors (Lipinski definition) is 2. The minimum atomic E-state index is -0.325. The third-order valence-corrected chi connectivity index (χ3v) is 3.82. The van der Waals surface area contributed by atoms with Gasteiger partial charge >= 0.3 is 0 Å². The van der Waals surface area contributed by atoms with Gasteiger partial charge in [0.15, 0.2) is 0 Å². The Morgan fingerprint density at radius 3 is 2.60 bits per heavy atom. The second-order valence-electron chi connectivity index (χ2n) is 5.60. The third kappa shape index (κ3) is 4.90. The predicted octanol–water partition coefficient (Wildman–Crippen LogP) is 4.98. The van der Waals surface area contributed by atoms with E-state index >= 15 is 0 Å². The fourth-order valence-electron chi connectivity index (χ4n) is 2.45. The van der Waals surface area contributed by atoms with Gasteiger partial charge in [-0.2, -0.15) is 0 Å². The molecule has 0 atom stereocenters. The molecule has 3 rings (SSSR count). The van der Waals surface area contributed by atoms with Crippen molar-refractivity contribution in [2.45, 2.75) is 13.3 Å². The van der Waals surface area contributed by atoms with Gasteiger partial charge in [0.2, 0.25) is 0 Å². The normalized spacial score (nSPS) is 10.5. The van der Waals surface area contributed by atoms with E-state index in [-0.39, 0.29) is 5.82 Å². The maximum atomic E-state index is 13.8. The van der Waals surface area contributed by atoms with Crippen LogP contribution in [0.1, 0.15) is 11.4 Å². The highest BCUT2D eigenvalue weighted by atomic mass is 35.5. The molecule has 6 heteroatoms. The number of rotatable bonds is 6. The van der Waals surface area contributed by atoms with Crippen LogP contribution in [-0.4, -0.2) is 16.5 Å². The average molecular weight is 357 g/mol. The van der Waals surface area contributed by atoms with Gasteiger partial charge in [-0.15, -0.1) is 0 Å². The lowest BCUT2D eigenvalue weighted by molar-refractivity contribution is 0.632. The Bertz CT molecular complexity index is 870. The summed E-state index contributed by atoms with van der Waals surface area (Å²) in [5.74, 6) is 1.51. The summed E-state index contributed by atoms with van der Waals surface area (Å²) in [6.07, 6.45) is 0.819. The molecule has 3 aromatic rings. The van der Waals surface area contributed by atoms with Crippen molar-refractivity contribution in [1.29, 1.82) is 0 Å². The molecule has 25 heavy (non-hydrogen) atoms. The fourth-order valence-corrected chi connectivity index (χ4v) is 2.66. The highest BCUT2D eigenvalue weighted by Crippen LogP contribution is 2.20. The van der Waals surface area contributed by atoms with Gasteiger partial charge in [0.1, 0.15) is 23.3 Å². The van der Waals surface area contributed by atoms with E-state index in [1.807, 2.05) is 24.3 Å². The van der Waals surface area contributed by atoms with Crippen LogP contribution in [-0.2, 0) is 6.42 Å². The van der Waals surface area contributed by atoms with E-state index in [2.05, 4.69) is 20.6 Å². The molecule has 0 bridgehead atoms. The number of nitrogens with zero attached hydrogens (tertiary/aromatic N) is 2. The Balaban J connectivity index is 1.66. The lowest BCUT2D eigenvalue weighted by Crippen LogP contribution is -2.08. The Morgan fingerprint density at radius 1 is 1.00 bits per heavy atom. The molecule has 0 spiro atoms. The van der Waals surface area contributed by atoms with Gasteiger partial charge in [-0.05, 0) is 43.2 Å². The standard InChI is InChI=1S/C19H18ClFN4/c1-13-23-18(22-10-9-14-5-4-6-15(20)11-14)12-19(24-13)25-17-8-3-2-7-16(17)21/h2-8,11-12H,9-10H2,1H3,(H2,22,23,24,25). The average Bonchev–Trinajstić information content (AvgIpc) is 2.57. The summed E-state index contributed by atoms with van der Waals surface area (Å²) in [5, 5.41) is 6.98. The minimum absolute atomic E-state index is 0.325. The van der Waals surface area contributed by atoms with E-state index in [9.17, 15) is 4.39 Å². The summed E-state index contributed by atoms with van der Waals surface area (Å²) in [5.41, 5.74) is 1.53. The zero-order valence-electron chi connectivity index (χ0n) is 13.8. The van der Waals surface area contributed by atoms with Crippen molar-refractivity contribution in [3.05, 3.63) is 76.8 Å². The first-order valence-electron chi connectivity index (χ1n) is 7.96. The summed E-state index contributed by atoms with van der Waals surface area (Å²) >= 11 is 5.99. The van der Waals surface area contributed by atoms with E-state index < -0.39 is 0 Å². The van der Waals surface area contributed by atoms with Crippen molar-refractivity contribution in [2.75, 3.05) is 17.2 Å². The van der Waals surface area contributed by atoms with Crippen LogP contribution < -0.4 is 10.6 Å². The van der Waals surface area contributed by atoms with Gasteiger partial charge in [-0.25, -0.2) is 14.4 Å². The molecule has 0 aliphatic rings. The maximum Gasteiger partial charge on any atom is 0.146 e. The van der Waals surface area contributed by atoms with Gasteiger partial charge < -0.3 is 10.6 Å². The van der Waals surface area contributed by atoms with Crippen LogP contribution in [0.4, 0.5) is 21.7 Å². The summed E-state index contributed by atoms with van der Waals surface area (Å²) < 4.78 is 13.8. The minimum Gasteiger partial charge on any atom is -0.370 e. The quantitative estimate of drug-likeness (QED) is 0.654.